The predicted molar refractivity (Wildman–Crippen MR) is 124 cm³/mol. The molecule has 0 fully saturated rings. The summed E-state index contributed by atoms with van der Waals surface area (Å²) in [7, 11) is 0. The van der Waals surface area contributed by atoms with E-state index in [0.717, 1.165) is 39.2 Å². The van der Waals surface area contributed by atoms with Crippen LogP contribution in [0.15, 0.2) is 64.2 Å². The number of halogens is 1. The van der Waals surface area contributed by atoms with Crippen LogP contribution in [0.5, 0.6) is 0 Å². The first-order valence-corrected chi connectivity index (χ1v) is 11.5. The molecule has 0 saturated carbocycles. The number of hydrogen-bond donors (Lipinski definition) is 1. The lowest BCUT2D eigenvalue weighted by Crippen LogP contribution is -2.17. The molecule has 2 heterocycles. The molecular formula is C23H19BrN4OS. The molecule has 30 heavy (non-hydrogen) atoms. The Bertz CT molecular complexity index is 1240. The number of nitrogens with zero attached hydrogens (tertiary/aromatic N) is 3. The number of aryl methyl sites for hydroxylation is 2. The Hall–Kier alpha value is -2.77. The van der Waals surface area contributed by atoms with E-state index in [1.807, 2.05) is 30.3 Å². The van der Waals surface area contributed by atoms with Gasteiger partial charge in [0.25, 0.3) is 5.91 Å². The molecular weight excluding hydrogens is 460 g/mol. The molecule has 4 aromatic rings. The fraction of sp³-hybridized carbons (Fsp3) is 0.174. The van der Waals surface area contributed by atoms with E-state index in [-0.39, 0.29) is 5.91 Å². The van der Waals surface area contributed by atoms with Crippen LogP contribution in [0.4, 0.5) is 0 Å². The van der Waals surface area contributed by atoms with Crippen molar-refractivity contribution in [3.8, 4) is 11.3 Å². The van der Waals surface area contributed by atoms with Crippen LogP contribution in [0.1, 0.15) is 39.5 Å². The average molecular weight is 479 g/mol. The summed E-state index contributed by atoms with van der Waals surface area (Å²) in [6, 6.07) is 17.3. The van der Waals surface area contributed by atoms with Crippen molar-refractivity contribution in [3.63, 3.8) is 0 Å². The number of rotatable bonds is 4. The molecule has 0 radical (unpaired) electrons. The van der Waals surface area contributed by atoms with Crippen molar-refractivity contribution in [2.24, 2.45) is 5.10 Å². The molecule has 5 rings (SSSR count). The van der Waals surface area contributed by atoms with E-state index < -0.39 is 0 Å². The molecule has 0 unspecified atom stereocenters. The lowest BCUT2D eigenvalue weighted by Gasteiger charge is -2.11. The molecule has 1 aliphatic rings. The lowest BCUT2D eigenvalue weighted by atomic mass is 10.0. The smallest absolute Gasteiger partial charge is 0.271 e. The van der Waals surface area contributed by atoms with Gasteiger partial charge in [-0.15, -0.1) is 11.3 Å². The number of imidazole rings is 1. The van der Waals surface area contributed by atoms with Gasteiger partial charge in [-0.3, -0.25) is 9.20 Å². The number of carbonyl (C=O) groups is 1. The number of thiazole rings is 1. The van der Waals surface area contributed by atoms with Gasteiger partial charge in [-0.2, -0.15) is 5.10 Å². The van der Waals surface area contributed by atoms with Gasteiger partial charge in [0.2, 0.25) is 0 Å². The maximum atomic E-state index is 12.4. The molecule has 2 aromatic carbocycles. The van der Waals surface area contributed by atoms with Crippen molar-refractivity contribution in [2.45, 2.75) is 25.7 Å². The number of aromatic nitrogens is 2. The van der Waals surface area contributed by atoms with Crippen LogP contribution in [0.3, 0.4) is 0 Å². The van der Waals surface area contributed by atoms with Gasteiger partial charge in [-0.05, 0) is 49.9 Å². The number of hydrazone groups is 1. The van der Waals surface area contributed by atoms with E-state index in [4.69, 9.17) is 4.98 Å². The first-order chi connectivity index (χ1) is 14.7. The van der Waals surface area contributed by atoms with E-state index in [9.17, 15) is 4.79 Å². The van der Waals surface area contributed by atoms with Gasteiger partial charge in [0.15, 0.2) is 4.96 Å². The molecule has 150 valence electrons. The first-order valence-electron chi connectivity index (χ1n) is 9.88. The van der Waals surface area contributed by atoms with Crippen molar-refractivity contribution >= 4 is 44.3 Å². The summed E-state index contributed by atoms with van der Waals surface area (Å²) in [5.41, 5.74) is 7.38. The molecule has 1 N–H and O–H groups in total. The fourth-order valence-electron chi connectivity index (χ4n) is 3.80. The maximum absolute atomic E-state index is 12.4. The third-order valence-corrected chi connectivity index (χ3v) is 6.93. The van der Waals surface area contributed by atoms with Crippen LogP contribution < -0.4 is 5.43 Å². The van der Waals surface area contributed by atoms with Gasteiger partial charge in [0.1, 0.15) is 0 Å². The van der Waals surface area contributed by atoms with Crippen molar-refractivity contribution < 1.29 is 4.79 Å². The van der Waals surface area contributed by atoms with Crippen molar-refractivity contribution in [1.29, 1.82) is 0 Å². The molecule has 0 spiro atoms. The molecule has 0 saturated heterocycles. The molecule has 1 aliphatic carbocycles. The molecule has 0 atom stereocenters. The molecule has 0 aliphatic heterocycles. The Kier molecular flexibility index (Phi) is 5.23. The second-order valence-electron chi connectivity index (χ2n) is 7.21. The highest BCUT2D eigenvalue weighted by atomic mass is 79.9. The normalized spacial score (nSPS) is 13.6. The van der Waals surface area contributed by atoms with Crippen LogP contribution in [0.25, 0.3) is 16.2 Å². The van der Waals surface area contributed by atoms with E-state index in [1.54, 1.807) is 29.7 Å². The summed E-state index contributed by atoms with van der Waals surface area (Å²) in [5.74, 6) is -0.242. The summed E-state index contributed by atoms with van der Waals surface area (Å²) >= 11 is 5.15. The van der Waals surface area contributed by atoms with Crippen LogP contribution in [-0.4, -0.2) is 21.5 Å². The highest BCUT2D eigenvalue weighted by Crippen LogP contribution is 2.34. The first kappa shape index (κ1) is 19.2. The van der Waals surface area contributed by atoms with Crippen molar-refractivity contribution in [1.82, 2.24) is 14.8 Å². The lowest BCUT2D eigenvalue weighted by molar-refractivity contribution is 0.0955. The minimum atomic E-state index is -0.242. The summed E-state index contributed by atoms with van der Waals surface area (Å²) in [4.78, 5) is 19.8. The topological polar surface area (TPSA) is 58.8 Å². The van der Waals surface area contributed by atoms with Gasteiger partial charge in [0.05, 0.1) is 17.6 Å². The van der Waals surface area contributed by atoms with Gasteiger partial charge in [-0.25, -0.2) is 10.4 Å². The van der Waals surface area contributed by atoms with Crippen molar-refractivity contribution in [3.05, 3.63) is 80.9 Å². The SMILES string of the molecule is O=C(NN=Cc1c(-c2ccccc2)nc2sc3c(n12)CCCC3)c1ccc(Br)cc1. The zero-order valence-electron chi connectivity index (χ0n) is 16.1. The third kappa shape index (κ3) is 3.59. The molecule has 0 bridgehead atoms. The Balaban J connectivity index is 1.52. The number of benzene rings is 2. The zero-order chi connectivity index (χ0) is 20.5. The number of carbonyl (C=O) groups excluding carboxylic acids is 1. The highest BCUT2D eigenvalue weighted by molar-refractivity contribution is 9.10. The largest absolute Gasteiger partial charge is 0.285 e. The number of amides is 1. The maximum Gasteiger partial charge on any atom is 0.271 e. The molecule has 7 heteroatoms. The zero-order valence-corrected chi connectivity index (χ0v) is 18.5. The summed E-state index contributed by atoms with van der Waals surface area (Å²) in [5, 5.41) is 4.28. The van der Waals surface area contributed by atoms with Gasteiger partial charge in [0, 0.05) is 26.2 Å². The van der Waals surface area contributed by atoms with E-state index in [1.165, 1.54) is 23.4 Å². The second-order valence-corrected chi connectivity index (χ2v) is 9.19. The van der Waals surface area contributed by atoms with Gasteiger partial charge in [-0.1, -0.05) is 46.3 Å². The Labute approximate surface area is 186 Å². The molecule has 1 amide bonds. The van der Waals surface area contributed by atoms with Crippen LogP contribution in [0, 0.1) is 0 Å². The average Bonchev–Trinajstić information content (AvgIpc) is 3.31. The van der Waals surface area contributed by atoms with E-state index in [0.29, 0.717) is 5.56 Å². The van der Waals surface area contributed by atoms with Crippen LogP contribution in [-0.2, 0) is 12.8 Å². The highest BCUT2D eigenvalue weighted by Gasteiger charge is 2.22. The molecule has 2 aromatic heterocycles. The summed E-state index contributed by atoms with van der Waals surface area (Å²) in [6.07, 6.45) is 6.30. The second kappa shape index (κ2) is 8.16. The standard InChI is InChI=1S/C23H19BrN4OS/c24-17-12-10-16(11-13-17)22(29)27-25-14-19-21(15-6-2-1-3-7-15)26-23-28(19)18-8-4-5-9-20(18)30-23/h1-3,6-7,10-14H,4-5,8-9H2,(H,27,29). The van der Waals surface area contributed by atoms with Gasteiger partial charge < -0.3 is 0 Å². The number of nitrogens with one attached hydrogen (secondary N) is 1. The Morgan fingerprint density at radius 3 is 2.67 bits per heavy atom. The number of fused-ring (bicyclic) bond motifs is 3. The fourth-order valence-corrected chi connectivity index (χ4v) is 5.28. The number of hydrogen-bond acceptors (Lipinski definition) is 4. The minimum Gasteiger partial charge on any atom is -0.285 e. The minimum absolute atomic E-state index is 0.242. The summed E-state index contributed by atoms with van der Waals surface area (Å²) in [6.45, 7) is 0. The molecule has 5 nitrogen and oxygen atoms in total. The monoisotopic (exact) mass is 478 g/mol. The van der Waals surface area contributed by atoms with Gasteiger partial charge >= 0.3 is 0 Å². The van der Waals surface area contributed by atoms with Crippen LogP contribution >= 0.6 is 27.3 Å². The van der Waals surface area contributed by atoms with Crippen molar-refractivity contribution in [2.75, 3.05) is 0 Å². The summed E-state index contributed by atoms with van der Waals surface area (Å²) < 4.78 is 3.15. The quantitative estimate of drug-likeness (QED) is 0.312. The third-order valence-electron chi connectivity index (χ3n) is 5.26. The van der Waals surface area contributed by atoms with E-state index >= 15 is 0 Å². The predicted octanol–water partition coefficient (Wildman–Crippen LogP) is 5.47. The Morgan fingerprint density at radius 1 is 1.10 bits per heavy atom. The van der Waals surface area contributed by atoms with Crippen LogP contribution in [0.2, 0.25) is 0 Å². The van der Waals surface area contributed by atoms with E-state index in [2.05, 4.69) is 43.0 Å². The Morgan fingerprint density at radius 2 is 1.87 bits per heavy atom.